The van der Waals surface area contributed by atoms with Gasteiger partial charge < -0.3 is 5.11 Å². The van der Waals surface area contributed by atoms with Crippen LogP contribution in [0.3, 0.4) is 0 Å². The molecule has 1 N–H and O–H groups in total. The van der Waals surface area contributed by atoms with Crippen molar-refractivity contribution in [3.05, 3.63) is 12.2 Å². The Morgan fingerprint density at radius 3 is 2.10 bits per heavy atom. The van der Waals surface area contributed by atoms with Crippen molar-refractivity contribution in [1.82, 2.24) is 4.90 Å². The minimum atomic E-state index is -0.0492. The molecule has 1 saturated carbocycles. The number of hydrogen-bond donors (Lipinski definition) is 1. The number of nitrogens with zero attached hydrogens (tertiary/aromatic N) is 1. The van der Waals surface area contributed by atoms with E-state index in [1.54, 1.807) is 0 Å². The largest absolute Gasteiger partial charge is 0.396 e. The number of likely N-dealkylation sites (tertiary alicyclic amines) is 1. The van der Waals surface area contributed by atoms with Crippen molar-refractivity contribution in [2.45, 2.75) is 38.5 Å². The molecule has 4 heteroatoms. The predicted octanol–water partition coefficient (Wildman–Crippen LogP) is 1.74. The quantitative estimate of drug-likeness (QED) is 0.438. The highest BCUT2D eigenvalue weighted by atomic mass is 16.3. The van der Waals surface area contributed by atoms with Gasteiger partial charge in [-0.2, -0.15) is 0 Å². The lowest BCUT2D eigenvalue weighted by atomic mass is 9.85. The molecule has 4 atom stereocenters. The number of allylic oxidation sites excluding steroid dienone is 2. The molecule has 2 bridgehead atoms. The lowest BCUT2D eigenvalue weighted by Crippen LogP contribution is -2.33. The van der Waals surface area contributed by atoms with E-state index >= 15 is 0 Å². The molecule has 1 heterocycles. The average Bonchev–Trinajstić information content (AvgIpc) is 3.11. The van der Waals surface area contributed by atoms with Crippen LogP contribution in [0, 0.1) is 23.7 Å². The fourth-order valence-electron chi connectivity index (χ4n) is 4.10. The molecule has 2 aliphatic carbocycles. The summed E-state index contributed by atoms with van der Waals surface area (Å²) in [7, 11) is 0. The SMILES string of the molecule is O=C1C2C3C=CC(C3)C2C(=O)N1CCCCCCCO. The van der Waals surface area contributed by atoms with Gasteiger partial charge in [-0.3, -0.25) is 14.5 Å². The molecule has 20 heavy (non-hydrogen) atoms. The minimum Gasteiger partial charge on any atom is -0.396 e. The van der Waals surface area contributed by atoms with Crippen LogP contribution in [0.15, 0.2) is 12.2 Å². The Bertz CT molecular complexity index is 401. The van der Waals surface area contributed by atoms with Crippen LogP contribution in [0.2, 0.25) is 0 Å². The first-order valence-electron chi connectivity index (χ1n) is 7.88. The Balaban J connectivity index is 1.49. The van der Waals surface area contributed by atoms with Crippen molar-refractivity contribution in [2.24, 2.45) is 23.7 Å². The topological polar surface area (TPSA) is 57.6 Å². The van der Waals surface area contributed by atoms with E-state index in [2.05, 4.69) is 12.2 Å². The van der Waals surface area contributed by atoms with Crippen molar-refractivity contribution in [3.8, 4) is 0 Å². The summed E-state index contributed by atoms with van der Waals surface area (Å²) < 4.78 is 0. The molecule has 1 saturated heterocycles. The smallest absolute Gasteiger partial charge is 0.233 e. The van der Waals surface area contributed by atoms with Gasteiger partial charge >= 0.3 is 0 Å². The van der Waals surface area contributed by atoms with Gasteiger partial charge in [0.25, 0.3) is 0 Å². The lowest BCUT2D eigenvalue weighted by Gasteiger charge is -2.16. The molecule has 0 radical (unpaired) electrons. The van der Waals surface area contributed by atoms with Gasteiger partial charge in [0.2, 0.25) is 11.8 Å². The molecule has 3 aliphatic rings. The van der Waals surface area contributed by atoms with Gasteiger partial charge in [0.1, 0.15) is 0 Å². The number of amides is 2. The van der Waals surface area contributed by atoms with Gasteiger partial charge in [-0.05, 0) is 31.1 Å². The van der Waals surface area contributed by atoms with Crippen molar-refractivity contribution in [3.63, 3.8) is 0 Å². The molecule has 1 aliphatic heterocycles. The summed E-state index contributed by atoms with van der Waals surface area (Å²) in [4.78, 5) is 26.3. The first-order valence-corrected chi connectivity index (χ1v) is 7.88. The van der Waals surface area contributed by atoms with Crippen molar-refractivity contribution in [2.75, 3.05) is 13.2 Å². The molecule has 0 aromatic rings. The van der Waals surface area contributed by atoms with Crippen LogP contribution in [-0.4, -0.2) is 35.0 Å². The highest BCUT2D eigenvalue weighted by molar-refractivity contribution is 6.06. The number of aliphatic hydroxyl groups excluding tert-OH is 1. The molecular weight excluding hydrogens is 254 g/mol. The van der Waals surface area contributed by atoms with Gasteiger partial charge in [-0.25, -0.2) is 0 Å². The molecule has 2 amide bonds. The number of fused-ring (bicyclic) bond motifs is 5. The first kappa shape index (κ1) is 13.8. The highest BCUT2D eigenvalue weighted by Crippen LogP contribution is 2.52. The Hall–Kier alpha value is -1.16. The summed E-state index contributed by atoms with van der Waals surface area (Å²) >= 11 is 0. The maximum atomic E-state index is 12.4. The molecule has 110 valence electrons. The molecule has 0 spiro atoms. The molecule has 0 aromatic heterocycles. The Morgan fingerprint density at radius 2 is 1.50 bits per heavy atom. The van der Waals surface area contributed by atoms with E-state index in [1.807, 2.05) is 0 Å². The van der Waals surface area contributed by atoms with Crippen LogP contribution < -0.4 is 0 Å². The van der Waals surface area contributed by atoms with Crippen LogP contribution in [0.1, 0.15) is 38.5 Å². The lowest BCUT2D eigenvalue weighted by molar-refractivity contribution is -0.140. The second-order valence-electron chi connectivity index (χ2n) is 6.32. The fraction of sp³-hybridized carbons (Fsp3) is 0.750. The zero-order valence-corrected chi connectivity index (χ0v) is 11.8. The molecule has 4 nitrogen and oxygen atoms in total. The molecule has 3 rings (SSSR count). The van der Waals surface area contributed by atoms with Crippen molar-refractivity contribution >= 4 is 11.8 Å². The van der Waals surface area contributed by atoms with E-state index in [1.165, 1.54) is 4.90 Å². The van der Waals surface area contributed by atoms with Gasteiger partial charge in [0, 0.05) is 13.2 Å². The van der Waals surface area contributed by atoms with E-state index < -0.39 is 0 Å². The number of aliphatic hydroxyl groups is 1. The maximum Gasteiger partial charge on any atom is 0.233 e. The van der Waals surface area contributed by atoms with Crippen molar-refractivity contribution in [1.29, 1.82) is 0 Å². The Labute approximate surface area is 119 Å². The normalized spacial score (nSPS) is 34.4. The van der Waals surface area contributed by atoms with E-state index in [9.17, 15) is 9.59 Å². The monoisotopic (exact) mass is 277 g/mol. The number of carbonyl (C=O) groups excluding carboxylic acids is 2. The highest BCUT2D eigenvalue weighted by Gasteiger charge is 2.58. The predicted molar refractivity (Wildman–Crippen MR) is 74.6 cm³/mol. The van der Waals surface area contributed by atoms with Crippen LogP contribution >= 0.6 is 0 Å². The summed E-state index contributed by atoms with van der Waals surface area (Å²) in [5.41, 5.74) is 0. The maximum absolute atomic E-state index is 12.4. The summed E-state index contributed by atoms with van der Waals surface area (Å²) in [5, 5.41) is 8.71. The van der Waals surface area contributed by atoms with E-state index in [0.29, 0.717) is 18.4 Å². The number of carbonyl (C=O) groups is 2. The van der Waals surface area contributed by atoms with Gasteiger partial charge in [0.15, 0.2) is 0 Å². The molecular formula is C16H23NO3. The van der Waals surface area contributed by atoms with Gasteiger partial charge in [-0.15, -0.1) is 0 Å². The van der Waals surface area contributed by atoms with Gasteiger partial charge in [0.05, 0.1) is 11.8 Å². The fourth-order valence-corrected chi connectivity index (χ4v) is 4.10. The van der Waals surface area contributed by atoms with Crippen molar-refractivity contribution < 1.29 is 14.7 Å². The summed E-state index contributed by atoms with van der Waals surface area (Å²) in [6.07, 6.45) is 10.1. The number of rotatable bonds is 7. The zero-order valence-electron chi connectivity index (χ0n) is 11.8. The third-order valence-corrected chi connectivity index (χ3v) is 5.10. The standard InChI is InChI=1S/C16H23NO3/c18-9-5-3-1-2-4-8-17-15(19)13-11-6-7-12(10-11)14(13)16(17)20/h6-7,11-14,18H,1-5,8-10H2. The van der Waals surface area contributed by atoms with Crippen LogP contribution in [-0.2, 0) is 9.59 Å². The third-order valence-electron chi connectivity index (χ3n) is 5.10. The number of hydrogen-bond acceptors (Lipinski definition) is 3. The zero-order chi connectivity index (χ0) is 14.1. The second kappa shape index (κ2) is 5.68. The van der Waals surface area contributed by atoms with Gasteiger partial charge in [-0.1, -0.05) is 31.4 Å². The second-order valence-corrected chi connectivity index (χ2v) is 6.32. The Kier molecular flexibility index (Phi) is 3.92. The number of imide groups is 1. The first-order chi connectivity index (χ1) is 9.74. The summed E-state index contributed by atoms with van der Waals surface area (Å²) in [5.74, 6) is 0.685. The van der Waals surface area contributed by atoms with Crippen LogP contribution in [0.5, 0.6) is 0 Å². The van der Waals surface area contributed by atoms with E-state index in [-0.39, 0.29) is 30.3 Å². The minimum absolute atomic E-state index is 0.0492. The van der Waals surface area contributed by atoms with E-state index in [0.717, 1.165) is 38.5 Å². The van der Waals surface area contributed by atoms with Crippen LogP contribution in [0.4, 0.5) is 0 Å². The summed E-state index contributed by atoms with van der Waals surface area (Å²) in [6.45, 7) is 0.839. The third kappa shape index (κ3) is 2.20. The summed E-state index contributed by atoms with van der Waals surface area (Å²) in [6, 6.07) is 0. The average molecular weight is 277 g/mol. The molecule has 4 unspecified atom stereocenters. The molecule has 2 fully saturated rings. The van der Waals surface area contributed by atoms with Crippen LogP contribution in [0.25, 0.3) is 0 Å². The number of unbranched alkanes of at least 4 members (excludes halogenated alkanes) is 4. The Morgan fingerprint density at radius 1 is 0.950 bits per heavy atom. The van der Waals surface area contributed by atoms with E-state index in [4.69, 9.17) is 5.11 Å². The molecule has 0 aromatic carbocycles.